The lowest BCUT2D eigenvalue weighted by molar-refractivity contribution is 0.655. The largest absolute Gasteiger partial charge is 0.382 e. The Labute approximate surface area is 168 Å². The number of nitrogens with two attached hydrogens (primary N) is 1. The standard InChI is InChI=1S/C17H15Cl2N7O2/c1-23-13-14(21-16(23)26-6-5-12(20)22-26)24(2)17(28)25(15(13)27)8-9-3-4-10(18)11(19)7-9/h3-7H,8H2,1-2H3,(H2,20,22). The molecule has 1 aromatic carbocycles. The van der Waals surface area contributed by atoms with E-state index in [2.05, 4.69) is 10.1 Å². The van der Waals surface area contributed by atoms with Crippen molar-refractivity contribution >= 4 is 40.2 Å². The molecule has 0 radical (unpaired) electrons. The minimum atomic E-state index is -0.492. The molecule has 0 aliphatic heterocycles. The van der Waals surface area contributed by atoms with Crippen LogP contribution in [0, 0.1) is 0 Å². The fourth-order valence-corrected chi connectivity index (χ4v) is 3.37. The number of hydrogen-bond donors (Lipinski definition) is 1. The van der Waals surface area contributed by atoms with Gasteiger partial charge in [0.05, 0.1) is 16.6 Å². The summed E-state index contributed by atoms with van der Waals surface area (Å²) in [5, 5.41) is 4.86. The van der Waals surface area contributed by atoms with Gasteiger partial charge in [-0.2, -0.15) is 4.98 Å². The first-order valence-electron chi connectivity index (χ1n) is 8.19. The summed E-state index contributed by atoms with van der Waals surface area (Å²) in [6.07, 6.45) is 1.63. The molecule has 0 aliphatic rings. The molecular weight excluding hydrogens is 405 g/mol. The molecule has 9 nitrogen and oxygen atoms in total. The molecule has 4 rings (SSSR count). The zero-order valence-corrected chi connectivity index (χ0v) is 16.4. The minimum absolute atomic E-state index is 0.0492. The smallest absolute Gasteiger partial charge is 0.332 e. The summed E-state index contributed by atoms with van der Waals surface area (Å²) in [4.78, 5) is 30.3. The van der Waals surface area contributed by atoms with Crippen molar-refractivity contribution in [1.82, 2.24) is 28.5 Å². The third kappa shape index (κ3) is 2.79. The summed E-state index contributed by atoms with van der Waals surface area (Å²) < 4.78 is 5.48. The Bertz CT molecular complexity index is 1350. The van der Waals surface area contributed by atoms with Gasteiger partial charge in [0.2, 0.25) is 5.95 Å². The number of nitrogen functional groups attached to an aromatic ring is 1. The van der Waals surface area contributed by atoms with Gasteiger partial charge in [0.1, 0.15) is 5.82 Å². The van der Waals surface area contributed by atoms with Crippen molar-refractivity contribution in [1.29, 1.82) is 0 Å². The van der Waals surface area contributed by atoms with Crippen LogP contribution in [0.15, 0.2) is 40.1 Å². The quantitative estimate of drug-likeness (QED) is 0.542. The van der Waals surface area contributed by atoms with E-state index in [1.165, 1.54) is 9.25 Å². The van der Waals surface area contributed by atoms with Crippen LogP contribution in [0.3, 0.4) is 0 Å². The molecule has 3 heterocycles. The normalized spacial score (nSPS) is 11.4. The van der Waals surface area contributed by atoms with Crippen LogP contribution in [-0.2, 0) is 20.6 Å². The van der Waals surface area contributed by atoms with Gasteiger partial charge in [0.15, 0.2) is 11.2 Å². The summed E-state index contributed by atoms with van der Waals surface area (Å²) in [5.41, 5.74) is 5.91. The predicted octanol–water partition coefficient (Wildman–Crippen LogP) is 1.56. The van der Waals surface area contributed by atoms with Crippen molar-refractivity contribution in [3.05, 3.63) is 66.9 Å². The molecule has 0 bridgehead atoms. The molecule has 11 heteroatoms. The number of fused-ring (bicyclic) bond motifs is 1. The fourth-order valence-electron chi connectivity index (χ4n) is 3.05. The second-order valence-electron chi connectivity index (χ2n) is 6.31. The average molecular weight is 420 g/mol. The van der Waals surface area contributed by atoms with E-state index in [-0.39, 0.29) is 17.7 Å². The van der Waals surface area contributed by atoms with E-state index in [0.29, 0.717) is 27.4 Å². The topological polar surface area (TPSA) is 106 Å². The van der Waals surface area contributed by atoms with Crippen LogP contribution in [0.5, 0.6) is 0 Å². The maximum Gasteiger partial charge on any atom is 0.332 e. The molecule has 0 atom stereocenters. The second-order valence-corrected chi connectivity index (χ2v) is 7.12. The van der Waals surface area contributed by atoms with Crippen LogP contribution < -0.4 is 17.0 Å². The molecule has 4 aromatic rings. The SMILES string of the molecule is Cn1c(-n2ccc(N)n2)nc2c1c(=O)n(Cc1ccc(Cl)c(Cl)c1)c(=O)n2C. The lowest BCUT2D eigenvalue weighted by Gasteiger charge is -2.09. The number of anilines is 1. The van der Waals surface area contributed by atoms with Gasteiger partial charge < -0.3 is 10.3 Å². The lowest BCUT2D eigenvalue weighted by atomic mass is 10.2. The van der Waals surface area contributed by atoms with Gasteiger partial charge in [-0.15, -0.1) is 5.10 Å². The second kappa shape index (κ2) is 6.54. The van der Waals surface area contributed by atoms with E-state index >= 15 is 0 Å². The van der Waals surface area contributed by atoms with Gasteiger partial charge in [-0.1, -0.05) is 29.3 Å². The van der Waals surface area contributed by atoms with Gasteiger partial charge >= 0.3 is 5.69 Å². The van der Waals surface area contributed by atoms with Crippen LogP contribution in [0.1, 0.15) is 5.56 Å². The Morgan fingerprint density at radius 3 is 2.46 bits per heavy atom. The molecule has 2 N–H and O–H groups in total. The van der Waals surface area contributed by atoms with Crippen LogP contribution in [0.4, 0.5) is 5.82 Å². The summed E-state index contributed by atoms with van der Waals surface area (Å²) in [6.45, 7) is 0.0492. The molecule has 0 unspecified atom stereocenters. The number of nitrogens with zero attached hydrogens (tertiary/aromatic N) is 6. The molecular formula is C17H15Cl2N7O2. The Kier molecular flexibility index (Phi) is 4.28. The Morgan fingerprint density at radius 2 is 1.82 bits per heavy atom. The highest BCUT2D eigenvalue weighted by Crippen LogP contribution is 2.22. The highest BCUT2D eigenvalue weighted by atomic mass is 35.5. The number of hydrogen-bond acceptors (Lipinski definition) is 5. The number of benzene rings is 1. The Morgan fingerprint density at radius 1 is 1.07 bits per heavy atom. The highest BCUT2D eigenvalue weighted by Gasteiger charge is 2.20. The number of rotatable bonds is 3. The third-order valence-electron chi connectivity index (χ3n) is 4.48. The maximum atomic E-state index is 13.1. The van der Waals surface area contributed by atoms with E-state index in [1.54, 1.807) is 49.1 Å². The maximum absolute atomic E-state index is 13.1. The van der Waals surface area contributed by atoms with E-state index in [0.717, 1.165) is 4.57 Å². The van der Waals surface area contributed by atoms with Crippen molar-refractivity contribution in [2.24, 2.45) is 14.1 Å². The summed E-state index contributed by atoms with van der Waals surface area (Å²) in [5.74, 6) is 0.684. The summed E-state index contributed by atoms with van der Waals surface area (Å²) in [6, 6.07) is 6.57. The van der Waals surface area contributed by atoms with E-state index < -0.39 is 11.2 Å². The van der Waals surface area contributed by atoms with Gasteiger partial charge in [-0.25, -0.2) is 9.48 Å². The van der Waals surface area contributed by atoms with Crippen molar-refractivity contribution < 1.29 is 0 Å². The lowest BCUT2D eigenvalue weighted by Crippen LogP contribution is -2.39. The molecule has 0 saturated carbocycles. The minimum Gasteiger partial charge on any atom is -0.382 e. The first kappa shape index (κ1) is 18.3. The number of halogens is 2. The Hall–Kier alpha value is -3.04. The number of aromatic nitrogens is 6. The van der Waals surface area contributed by atoms with Crippen molar-refractivity contribution in [2.45, 2.75) is 6.54 Å². The van der Waals surface area contributed by atoms with E-state index in [4.69, 9.17) is 28.9 Å². The molecule has 0 amide bonds. The predicted molar refractivity (Wildman–Crippen MR) is 107 cm³/mol. The van der Waals surface area contributed by atoms with Gasteiger partial charge in [0, 0.05) is 26.4 Å². The molecule has 0 aliphatic carbocycles. The number of aryl methyl sites for hydroxylation is 2. The zero-order valence-electron chi connectivity index (χ0n) is 14.9. The summed E-state index contributed by atoms with van der Waals surface area (Å²) in [7, 11) is 3.24. The first-order chi connectivity index (χ1) is 13.3. The number of imidazole rings is 1. The first-order valence-corrected chi connectivity index (χ1v) is 8.95. The van der Waals surface area contributed by atoms with Crippen LogP contribution >= 0.6 is 23.2 Å². The molecule has 3 aromatic heterocycles. The van der Waals surface area contributed by atoms with Gasteiger partial charge in [-0.05, 0) is 17.7 Å². The van der Waals surface area contributed by atoms with Crippen LogP contribution in [-0.4, -0.2) is 28.5 Å². The molecule has 0 saturated heterocycles. The zero-order chi connectivity index (χ0) is 20.2. The van der Waals surface area contributed by atoms with Crippen molar-refractivity contribution in [2.75, 3.05) is 5.73 Å². The molecule has 144 valence electrons. The van der Waals surface area contributed by atoms with Gasteiger partial charge in [0.25, 0.3) is 5.56 Å². The average Bonchev–Trinajstić information content (AvgIpc) is 3.23. The van der Waals surface area contributed by atoms with Crippen molar-refractivity contribution in [3.8, 4) is 5.95 Å². The van der Waals surface area contributed by atoms with Gasteiger partial charge in [-0.3, -0.25) is 13.9 Å². The molecule has 0 fully saturated rings. The Balaban J connectivity index is 1.93. The van der Waals surface area contributed by atoms with E-state index in [9.17, 15) is 9.59 Å². The van der Waals surface area contributed by atoms with Crippen LogP contribution in [0.25, 0.3) is 17.1 Å². The summed E-state index contributed by atoms with van der Waals surface area (Å²) >= 11 is 12.0. The monoisotopic (exact) mass is 419 g/mol. The molecule has 28 heavy (non-hydrogen) atoms. The van der Waals surface area contributed by atoms with Crippen LogP contribution in [0.2, 0.25) is 10.0 Å². The van der Waals surface area contributed by atoms with Crippen molar-refractivity contribution in [3.63, 3.8) is 0 Å². The van der Waals surface area contributed by atoms with E-state index in [1.807, 2.05) is 0 Å². The highest BCUT2D eigenvalue weighted by molar-refractivity contribution is 6.42. The fraction of sp³-hybridized carbons (Fsp3) is 0.176. The third-order valence-corrected chi connectivity index (χ3v) is 5.21. The molecule has 0 spiro atoms.